The quantitative estimate of drug-likeness (QED) is 0.848. The highest BCUT2D eigenvalue weighted by molar-refractivity contribution is 6.30. The van der Waals surface area contributed by atoms with Gasteiger partial charge in [-0.25, -0.2) is 0 Å². The summed E-state index contributed by atoms with van der Waals surface area (Å²) in [5, 5.41) is 3.21. The second-order valence-corrected chi connectivity index (χ2v) is 5.00. The van der Waals surface area contributed by atoms with Crippen molar-refractivity contribution in [2.24, 2.45) is 0 Å². The van der Waals surface area contributed by atoms with Gasteiger partial charge in [-0.15, -0.1) is 0 Å². The van der Waals surface area contributed by atoms with Crippen LogP contribution in [0.5, 0.6) is 0 Å². The monoisotopic (exact) mass is 320 g/mol. The molecule has 2 rings (SSSR count). The number of nitrogens with one attached hydrogen (secondary N) is 1. The van der Waals surface area contributed by atoms with E-state index in [2.05, 4.69) is 5.32 Å². The summed E-state index contributed by atoms with van der Waals surface area (Å²) >= 11 is 5.86. The summed E-state index contributed by atoms with van der Waals surface area (Å²) in [5.41, 5.74) is 7.09. The van der Waals surface area contributed by atoms with Gasteiger partial charge in [0, 0.05) is 24.9 Å². The van der Waals surface area contributed by atoms with Crippen molar-refractivity contribution < 1.29 is 9.53 Å². The Morgan fingerprint density at radius 3 is 2.36 bits per heavy atom. The van der Waals surface area contributed by atoms with Gasteiger partial charge in [0.15, 0.2) is 0 Å². The zero-order valence-corrected chi connectivity index (χ0v) is 13.5. The molecule has 0 saturated carbocycles. The number of amides is 1. The van der Waals surface area contributed by atoms with E-state index in [-0.39, 0.29) is 12.0 Å². The molecule has 0 radical (unpaired) electrons. The minimum absolute atomic E-state index is 0.0539. The number of benzene rings is 2. The SMILES string of the molecule is CNC(=O)CC(OC)c1cccc(Cl)c1.Nc1ccccc1. The number of ether oxygens (including phenoxy) is 1. The minimum Gasteiger partial charge on any atom is -0.399 e. The van der Waals surface area contributed by atoms with Gasteiger partial charge >= 0.3 is 0 Å². The van der Waals surface area contributed by atoms with Gasteiger partial charge in [-0.3, -0.25) is 4.79 Å². The number of hydrogen-bond acceptors (Lipinski definition) is 3. The molecule has 22 heavy (non-hydrogen) atoms. The van der Waals surface area contributed by atoms with Crippen LogP contribution in [0, 0.1) is 0 Å². The normalized spacial score (nSPS) is 11.0. The van der Waals surface area contributed by atoms with Crippen LogP contribution in [-0.2, 0) is 9.53 Å². The van der Waals surface area contributed by atoms with Crippen LogP contribution >= 0.6 is 11.6 Å². The standard InChI is InChI=1S/C11H14ClNO2.C6H7N/c1-13-11(14)7-10(15-2)8-4-3-5-9(12)6-8;7-6-4-2-1-3-5-6/h3-6,10H,7H2,1-2H3,(H,13,14);1-5H,7H2. The number of methoxy groups -OCH3 is 1. The van der Waals surface area contributed by atoms with Crippen LogP contribution in [0.25, 0.3) is 0 Å². The Morgan fingerprint density at radius 1 is 1.23 bits per heavy atom. The first kappa shape index (κ1) is 18.0. The molecule has 0 spiro atoms. The molecule has 4 nitrogen and oxygen atoms in total. The van der Waals surface area contributed by atoms with Crippen LogP contribution in [0.2, 0.25) is 5.02 Å². The van der Waals surface area contributed by atoms with E-state index in [9.17, 15) is 4.79 Å². The summed E-state index contributed by atoms with van der Waals surface area (Å²) in [6.45, 7) is 0. The molecule has 2 aromatic rings. The Hall–Kier alpha value is -2.04. The highest BCUT2D eigenvalue weighted by atomic mass is 35.5. The number of nitrogen functional groups attached to an aromatic ring is 1. The van der Waals surface area contributed by atoms with Crippen LogP contribution in [0.4, 0.5) is 5.69 Å². The molecule has 0 aliphatic rings. The lowest BCUT2D eigenvalue weighted by Gasteiger charge is -2.14. The molecule has 0 saturated heterocycles. The second kappa shape index (κ2) is 9.82. The van der Waals surface area contributed by atoms with Crippen molar-refractivity contribution in [3.63, 3.8) is 0 Å². The molecular weight excluding hydrogens is 300 g/mol. The lowest BCUT2D eigenvalue weighted by atomic mass is 10.1. The molecule has 1 atom stereocenters. The van der Waals surface area contributed by atoms with E-state index >= 15 is 0 Å². The molecule has 118 valence electrons. The summed E-state index contributed by atoms with van der Waals surface area (Å²) in [4.78, 5) is 11.2. The van der Waals surface area contributed by atoms with Gasteiger partial charge in [0.05, 0.1) is 12.5 Å². The van der Waals surface area contributed by atoms with Gasteiger partial charge in [-0.05, 0) is 29.8 Å². The molecule has 1 unspecified atom stereocenters. The zero-order chi connectivity index (χ0) is 16.4. The Bertz CT molecular complexity index is 576. The zero-order valence-electron chi connectivity index (χ0n) is 12.8. The summed E-state index contributed by atoms with van der Waals surface area (Å²) in [7, 11) is 3.18. The van der Waals surface area contributed by atoms with Gasteiger partial charge in [0.25, 0.3) is 0 Å². The Kier molecular flexibility index (Phi) is 8.04. The van der Waals surface area contributed by atoms with Gasteiger partial charge in [0.2, 0.25) is 5.91 Å². The number of halogens is 1. The number of carbonyl (C=O) groups is 1. The third-order valence-corrected chi connectivity index (χ3v) is 3.19. The molecule has 0 fully saturated rings. The van der Waals surface area contributed by atoms with Crippen molar-refractivity contribution in [2.75, 3.05) is 19.9 Å². The van der Waals surface area contributed by atoms with Crippen molar-refractivity contribution in [3.8, 4) is 0 Å². The van der Waals surface area contributed by atoms with Crippen molar-refractivity contribution in [1.82, 2.24) is 5.32 Å². The highest BCUT2D eigenvalue weighted by Gasteiger charge is 2.14. The molecule has 2 aromatic carbocycles. The maximum absolute atomic E-state index is 11.2. The van der Waals surface area contributed by atoms with Crippen LogP contribution in [0.3, 0.4) is 0 Å². The number of nitrogens with two attached hydrogens (primary N) is 1. The summed E-state index contributed by atoms with van der Waals surface area (Å²) in [6, 6.07) is 16.8. The van der Waals surface area contributed by atoms with Crippen LogP contribution in [0.1, 0.15) is 18.1 Å². The van der Waals surface area contributed by atoms with Gasteiger partial charge in [-0.2, -0.15) is 0 Å². The van der Waals surface area contributed by atoms with E-state index in [1.165, 1.54) is 0 Å². The molecule has 3 N–H and O–H groups in total. The fourth-order valence-corrected chi connectivity index (χ4v) is 1.97. The predicted octanol–water partition coefficient (Wildman–Crippen LogP) is 3.43. The topological polar surface area (TPSA) is 64.3 Å². The fraction of sp³-hybridized carbons (Fsp3) is 0.235. The summed E-state index contributed by atoms with van der Waals surface area (Å²) in [6.07, 6.45) is 0.0523. The lowest BCUT2D eigenvalue weighted by molar-refractivity contribution is -0.123. The van der Waals surface area contributed by atoms with Crippen molar-refractivity contribution in [1.29, 1.82) is 0 Å². The molecule has 0 aliphatic carbocycles. The summed E-state index contributed by atoms with van der Waals surface area (Å²) < 4.78 is 5.24. The van der Waals surface area contributed by atoms with E-state index in [1.54, 1.807) is 26.3 Å². The van der Waals surface area contributed by atoms with E-state index in [0.29, 0.717) is 11.4 Å². The average molecular weight is 321 g/mol. The Morgan fingerprint density at radius 2 is 1.91 bits per heavy atom. The maximum Gasteiger partial charge on any atom is 0.222 e. The molecule has 0 aliphatic heterocycles. The largest absolute Gasteiger partial charge is 0.399 e. The first-order valence-corrected chi connectivity index (χ1v) is 7.24. The van der Waals surface area contributed by atoms with Gasteiger partial charge in [-0.1, -0.05) is 41.9 Å². The third-order valence-electron chi connectivity index (χ3n) is 2.95. The predicted molar refractivity (Wildman–Crippen MR) is 90.7 cm³/mol. The molecule has 1 amide bonds. The van der Waals surface area contributed by atoms with Crippen LogP contribution in [-0.4, -0.2) is 20.1 Å². The van der Waals surface area contributed by atoms with Crippen molar-refractivity contribution in [3.05, 3.63) is 65.2 Å². The Balaban J connectivity index is 0.000000287. The highest BCUT2D eigenvalue weighted by Crippen LogP contribution is 2.23. The molecule has 0 bridgehead atoms. The number of rotatable bonds is 4. The Labute approximate surface area is 136 Å². The van der Waals surface area contributed by atoms with E-state index in [1.807, 2.05) is 42.5 Å². The van der Waals surface area contributed by atoms with Crippen LogP contribution < -0.4 is 11.1 Å². The fourth-order valence-electron chi connectivity index (χ4n) is 1.77. The lowest BCUT2D eigenvalue weighted by Crippen LogP contribution is -2.21. The van der Waals surface area contributed by atoms with E-state index in [0.717, 1.165) is 11.3 Å². The first-order chi connectivity index (χ1) is 10.6. The van der Waals surface area contributed by atoms with Crippen LogP contribution in [0.15, 0.2) is 54.6 Å². The molecule has 0 heterocycles. The van der Waals surface area contributed by atoms with Gasteiger partial charge in [0.1, 0.15) is 0 Å². The van der Waals surface area contributed by atoms with Crippen molar-refractivity contribution in [2.45, 2.75) is 12.5 Å². The summed E-state index contributed by atoms with van der Waals surface area (Å²) in [5.74, 6) is -0.0539. The number of hydrogen-bond donors (Lipinski definition) is 2. The maximum atomic E-state index is 11.2. The third kappa shape index (κ3) is 6.61. The van der Waals surface area contributed by atoms with E-state index < -0.39 is 0 Å². The first-order valence-electron chi connectivity index (χ1n) is 6.86. The molecule has 5 heteroatoms. The molecular formula is C17H21ClN2O2. The number of anilines is 1. The van der Waals surface area contributed by atoms with Crippen molar-refractivity contribution >= 4 is 23.2 Å². The minimum atomic E-state index is -0.247. The number of carbonyl (C=O) groups excluding carboxylic acids is 1. The van der Waals surface area contributed by atoms with Gasteiger partial charge < -0.3 is 15.8 Å². The smallest absolute Gasteiger partial charge is 0.222 e. The second-order valence-electron chi connectivity index (χ2n) is 4.57. The number of para-hydroxylation sites is 1. The van der Waals surface area contributed by atoms with E-state index in [4.69, 9.17) is 22.1 Å². The molecule has 0 aromatic heterocycles. The average Bonchev–Trinajstić information content (AvgIpc) is 2.53.